The number of pyridine rings is 1. The SMILES string of the molecule is O=c1[nH]c2cc(-c3cccc4ccccc34)ccc2c(=O)n1-c1cncc2ccccc12. The molecule has 5 heteroatoms. The number of benzene rings is 4. The number of aromatic amines is 1. The number of hydrogen-bond acceptors (Lipinski definition) is 3. The van der Waals surface area contributed by atoms with Gasteiger partial charge in [-0.25, -0.2) is 9.36 Å². The second kappa shape index (κ2) is 7.03. The van der Waals surface area contributed by atoms with Gasteiger partial charge >= 0.3 is 5.69 Å². The highest BCUT2D eigenvalue weighted by atomic mass is 16.2. The Kier molecular flexibility index (Phi) is 4.01. The van der Waals surface area contributed by atoms with Gasteiger partial charge in [0, 0.05) is 17.0 Å². The van der Waals surface area contributed by atoms with Gasteiger partial charge < -0.3 is 4.98 Å². The molecule has 0 aliphatic carbocycles. The van der Waals surface area contributed by atoms with Crippen molar-refractivity contribution >= 4 is 32.4 Å². The van der Waals surface area contributed by atoms with Crippen LogP contribution in [0.5, 0.6) is 0 Å². The number of aromatic nitrogens is 3. The Morgan fingerprint density at radius 2 is 1.44 bits per heavy atom. The average Bonchev–Trinajstić information content (AvgIpc) is 2.83. The first-order valence-corrected chi connectivity index (χ1v) is 10.3. The maximum atomic E-state index is 13.4. The molecule has 0 amide bonds. The molecule has 0 aliphatic rings. The van der Waals surface area contributed by atoms with Gasteiger partial charge in [-0.1, -0.05) is 72.8 Å². The quantitative estimate of drug-likeness (QED) is 0.430. The summed E-state index contributed by atoms with van der Waals surface area (Å²) >= 11 is 0. The summed E-state index contributed by atoms with van der Waals surface area (Å²) in [5.41, 5.74) is 2.11. The Balaban J connectivity index is 1.60. The largest absolute Gasteiger partial charge is 0.333 e. The summed E-state index contributed by atoms with van der Waals surface area (Å²) < 4.78 is 1.16. The predicted molar refractivity (Wildman–Crippen MR) is 128 cm³/mol. The second-order valence-electron chi connectivity index (χ2n) is 7.74. The molecule has 0 atom stereocenters. The van der Waals surface area contributed by atoms with Crippen LogP contribution in [0.1, 0.15) is 0 Å². The fourth-order valence-corrected chi connectivity index (χ4v) is 4.36. The zero-order valence-corrected chi connectivity index (χ0v) is 16.9. The molecule has 32 heavy (non-hydrogen) atoms. The Morgan fingerprint density at radius 3 is 2.31 bits per heavy atom. The van der Waals surface area contributed by atoms with E-state index in [4.69, 9.17) is 0 Å². The number of fused-ring (bicyclic) bond motifs is 3. The number of nitrogens with one attached hydrogen (secondary N) is 1. The van der Waals surface area contributed by atoms with Crippen LogP contribution in [-0.4, -0.2) is 14.5 Å². The molecule has 4 aromatic carbocycles. The highest BCUT2D eigenvalue weighted by molar-refractivity contribution is 5.98. The van der Waals surface area contributed by atoms with Gasteiger partial charge in [0.2, 0.25) is 0 Å². The molecule has 2 heterocycles. The van der Waals surface area contributed by atoms with Crippen LogP contribution in [-0.2, 0) is 0 Å². The van der Waals surface area contributed by atoms with Gasteiger partial charge in [0.25, 0.3) is 5.56 Å². The molecule has 0 saturated carbocycles. The zero-order valence-electron chi connectivity index (χ0n) is 16.9. The second-order valence-corrected chi connectivity index (χ2v) is 7.74. The Hall–Kier alpha value is -4.51. The lowest BCUT2D eigenvalue weighted by Gasteiger charge is -2.11. The van der Waals surface area contributed by atoms with E-state index >= 15 is 0 Å². The van der Waals surface area contributed by atoms with Crippen molar-refractivity contribution in [3.63, 3.8) is 0 Å². The normalized spacial score (nSPS) is 11.4. The summed E-state index contributed by atoms with van der Waals surface area (Å²) in [5, 5.41) is 4.36. The lowest BCUT2D eigenvalue weighted by molar-refractivity contribution is 0.902. The Bertz CT molecular complexity index is 1770. The van der Waals surface area contributed by atoms with Gasteiger partial charge in [-0.05, 0) is 34.0 Å². The van der Waals surface area contributed by atoms with Crippen molar-refractivity contribution in [1.82, 2.24) is 14.5 Å². The lowest BCUT2D eigenvalue weighted by atomic mass is 9.97. The average molecular weight is 415 g/mol. The van der Waals surface area contributed by atoms with Crippen LogP contribution in [0, 0.1) is 0 Å². The summed E-state index contributed by atoms with van der Waals surface area (Å²) in [6, 6.07) is 27.4. The predicted octanol–water partition coefficient (Wildman–Crippen LogP) is 5.05. The van der Waals surface area contributed by atoms with Crippen molar-refractivity contribution in [3.05, 3.63) is 118 Å². The van der Waals surface area contributed by atoms with Gasteiger partial charge in [-0.2, -0.15) is 0 Å². The van der Waals surface area contributed by atoms with E-state index in [0.29, 0.717) is 16.6 Å². The first-order valence-electron chi connectivity index (χ1n) is 10.3. The molecule has 6 aromatic rings. The van der Waals surface area contributed by atoms with E-state index in [1.165, 1.54) is 0 Å². The van der Waals surface area contributed by atoms with Crippen molar-refractivity contribution in [1.29, 1.82) is 0 Å². The van der Waals surface area contributed by atoms with Crippen molar-refractivity contribution in [2.75, 3.05) is 0 Å². The van der Waals surface area contributed by atoms with Crippen LogP contribution in [0.4, 0.5) is 0 Å². The molecule has 6 rings (SSSR count). The van der Waals surface area contributed by atoms with E-state index in [-0.39, 0.29) is 5.56 Å². The highest BCUT2D eigenvalue weighted by Crippen LogP contribution is 2.29. The minimum absolute atomic E-state index is 0.369. The molecule has 0 bridgehead atoms. The number of hydrogen-bond donors (Lipinski definition) is 1. The summed E-state index contributed by atoms with van der Waals surface area (Å²) in [6.45, 7) is 0. The van der Waals surface area contributed by atoms with Gasteiger partial charge in [0.05, 0.1) is 22.8 Å². The van der Waals surface area contributed by atoms with E-state index in [0.717, 1.165) is 37.2 Å². The summed E-state index contributed by atoms with van der Waals surface area (Å²) in [7, 11) is 0. The van der Waals surface area contributed by atoms with Crippen molar-refractivity contribution in [3.8, 4) is 16.8 Å². The van der Waals surface area contributed by atoms with E-state index in [1.807, 2.05) is 60.7 Å². The number of nitrogens with zero attached hydrogens (tertiary/aromatic N) is 2. The third-order valence-corrected chi connectivity index (χ3v) is 5.89. The van der Waals surface area contributed by atoms with Crippen LogP contribution < -0.4 is 11.2 Å². The molecule has 0 saturated heterocycles. The molecule has 0 radical (unpaired) electrons. The van der Waals surface area contributed by atoms with Crippen LogP contribution in [0.15, 0.2) is 107 Å². The van der Waals surface area contributed by atoms with Gasteiger partial charge in [0.15, 0.2) is 0 Å². The van der Waals surface area contributed by atoms with E-state index < -0.39 is 5.69 Å². The molecular formula is C27H17N3O2. The number of rotatable bonds is 2. The summed E-state index contributed by atoms with van der Waals surface area (Å²) in [6.07, 6.45) is 3.27. The molecule has 0 fully saturated rings. The van der Waals surface area contributed by atoms with Crippen LogP contribution in [0.2, 0.25) is 0 Å². The Labute approximate surface area is 182 Å². The molecule has 0 aliphatic heterocycles. The van der Waals surface area contributed by atoms with Crippen LogP contribution in [0.3, 0.4) is 0 Å². The molecule has 0 unspecified atom stereocenters. The molecule has 1 N–H and O–H groups in total. The van der Waals surface area contributed by atoms with Crippen molar-refractivity contribution in [2.45, 2.75) is 0 Å². The fraction of sp³-hybridized carbons (Fsp3) is 0. The molecule has 5 nitrogen and oxygen atoms in total. The fourth-order valence-electron chi connectivity index (χ4n) is 4.36. The van der Waals surface area contributed by atoms with E-state index in [2.05, 4.69) is 28.2 Å². The lowest BCUT2D eigenvalue weighted by Crippen LogP contribution is -2.33. The first-order chi connectivity index (χ1) is 15.7. The molecule has 2 aromatic heterocycles. The standard InChI is InChI=1S/C27H17N3O2/c31-26-23-13-12-18(21-11-5-8-17-6-1-3-9-20(17)21)14-24(23)29-27(32)30(26)25-16-28-15-19-7-2-4-10-22(19)25/h1-16H,(H,29,32). The van der Waals surface area contributed by atoms with E-state index in [9.17, 15) is 9.59 Å². The minimum atomic E-state index is -0.490. The summed E-state index contributed by atoms with van der Waals surface area (Å²) in [4.78, 5) is 33.5. The number of H-pyrrole nitrogens is 1. The van der Waals surface area contributed by atoms with Crippen molar-refractivity contribution in [2.24, 2.45) is 0 Å². The topological polar surface area (TPSA) is 67.8 Å². The van der Waals surface area contributed by atoms with Crippen LogP contribution >= 0.6 is 0 Å². The maximum Gasteiger partial charge on any atom is 0.333 e. The molecule has 152 valence electrons. The highest BCUT2D eigenvalue weighted by Gasteiger charge is 2.14. The van der Waals surface area contributed by atoms with Gasteiger partial charge in [-0.3, -0.25) is 9.78 Å². The van der Waals surface area contributed by atoms with Gasteiger partial charge in [-0.15, -0.1) is 0 Å². The third kappa shape index (κ3) is 2.76. The zero-order chi connectivity index (χ0) is 21.7. The smallest absolute Gasteiger partial charge is 0.306 e. The molecular weight excluding hydrogens is 398 g/mol. The maximum absolute atomic E-state index is 13.4. The molecule has 0 spiro atoms. The van der Waals surface area contributed by atoms with E-state index in [1.54, 1.807) is 18.5 Å². The summed E-state index contributed by atoms with van der Waals surface area (Å²) in [5.74, 6) is 0. The van der Waals surface area contributed by atoms with Crippen molar-refractivity contribution < 1.29 is 0 Å². The first kappa shape index (κ1) is 18.3. The Morgan fingerprint density at radius 1 is 0.688 bits per heavy atom. The third-order valence-electron chi connectivity index (χ3n) is 5.89. The monoisotopic (exact) mass is 415 g/mol. The van der Waals surface area contributed by atoms with Gasteiger partial charge in [0.1, 0.15) is 0 Å². The van der Waals surface area contributed by atoms with Crippen LogP contribution in [0.25, 0.3) is 49.3 Å². The minimum Gasteiger partial charge on any atom is -0.306 e.